The van der Waals surface area contributed by atoms with E-state index in [9.17, 15) is 0 Å². The third-order valence-corrected chi connectivity index (χ3v) is 3.86. The lowest BCUT2D eigenvalue weighted by molar-refractivity contribution is 0.171. The molecule has 0 fully saturated rings. The number of benzene rings is 1. The number of hydrogen-bond acceptors (Lipinski definition) is 3. The van der Waals surface area contributed by atoms with Gasteiger partial charge in [-0.2, -0.15) is 0 Å². The number of unbranched alkanes of at least 4 members (excludes halogenated alkanes) is 5. The highest BCUT2D eigenvalue weighted by atomic mass is 16.6. The van der Waals surface area contributed by atoms with Crippen LogP contribution in [0.25, 0.3) is 0 Å². The van der Waals surface area contributed by atoms with E-state index in [1.807, 2.05) is 12.1 Å². The molecule has 0 saturated carbocycles. The van der Waals surface area contributed by atoms with Gasteiger partial charge in [-0.1, -0.05) is 51.5 Å². The molecule has 1 aromatic rings. The van der Waals surface area contributed by atoms with Gasteiger partial charge in [0.05, 0.1) is 0 Å². The molecule has 1 aromatic carbocycles. The number of rotatable bonds is 8. The smallest absolute Gasteiger partial charge is 0.161 e. The number of fused-ring (bicyclic) bond motifs is 1. The van der Waals surface area contributed by atoms with Crippen LogP contribution in [0.3, 0.4) is 0 Å². The summed E-state index contributed by atoms with van der Waals surface area (Å²) in [7, 11) is 0. The molecule has 0 spiro atoms. The van der Waals surface area contributed by atoms with E-state index in [0.29, 0.717) is 13.2 Å². The zero-order chi connectivity index (χ0) is 14.2. The van der Waals surface area contributed by atoms with E-state index < -0.39 is 0 Å². The largest absolute Gasteiger partial charge is 0.486 e. The maximum absolute atomic E-state index is 6.27. The molecule has 1 atom stereocenters. The fourth-order valence-electron chi connectivity index (χ4n) is 2.60. The zero-order valence-corrected chi connectivity index (χ0v) is 12.6. The molecule has 3 nitrogen and oxygen atoms in total. The van der Waals surface area contributed by atoms with Gasteiger partial charge in [-0.3, -0.25) is 0 Å². The van der Waals surface area contributed by atoms with Crippen molar-refractivity contribution in [2.24, 2.45) is 5.73 Å². The summed E-state index contributed by atoms with van der Waals surface area (Å²) in [6, 6.07) is 6.19. The molecule has 20 heavy (non-hydrogen) atoms. The van der Waals surface area contributed by atoms with Crippen LogP contribution in [0.5, 0.6) is 11.5 Å². The van der Waals surface area contributed by atoms with Crippen LogP contribution in [-0.2, 0) is 0 Å². The van der Waals surface area contributed by atoms with Gasteiger partial charge < -0.3 is 15.2 Å². The van der Waals surface area contributed by atoms with Crippen molar-refractivity contribution in [1.29, 1.82) is 0 Å². The Morgan fingerprint density at radius 1 is 1.00 bits per heavy atom. The first kappa shape index (κ1) is 15.2. The fourth-order valence-corrected chi connectivity index (χ4v) is 2.60. The normalized spacial score (nSPS) is 15.1. The Morgan fingerprint density at radius 2 is 1.70 bits per heavy atom. The molecule has 0 amide bonds. The zero-order valence-electron chi connectivity index (χ0n) is 12.6. The lowest BCUT2D eigenvalue weighted by Crippen LogP contribution is -2.16. The fraction of sp³-hybridized carbons (Fsp3) is 0.647. The summed E-state index contributed by atoms with van der Waals surface area (Å²) in [5.74, 6) is 1.68. The minimum Gasteiger partial charge on any atom is -0.486 e. The summed E-state index contributed by atoms with van der Waals surface area (Å²) < 4.78 is 11.1. The standard InChI is InChI=1S/C17H27NO2/c1-2-3-4-5-6-7-8-15(18)14-9-10-16-17(13-14)20-12-11-19-16/h9-10,13,15H,2-8,11-12,18H2,1H3. The van der Waals surface area contributed by atoms with Crippen LogP contribution in [-0.4, -0.2) is 13.2 Å². The quantitative estimate of drug-likeness (QED) is 0.724. The van der Waals surface area contributed by atoms with E-state index >= 15 is 0 Å². The Morgan fingerprint density at radius 3 is 2.50 bits per heavy atom. The predicted octanol–water partition coefficient (Wildman–Crippen LogP) is 4.21. The highest BCUT2D eigenvalue weighted by Gasteiger charge is 2.14. The predicted molar refractivity (Wildman–Crippen MR) is 82.4 cm³/mol. The van der Waals surface area contributed by atoms with Crippen molar-refractivity contribution >= 4 is 0 Å². The van der Waals surface area contributed by atoms with Crippen molar-refractivity contribution in [3.63, 3.8) is 0 Å². The Balaban J connectivity index is 1.76. The van der Waals surface area contributed by atoms with E-state index in [2.05, 4.69) is 13.0 Å². The first-order chi connectivity index (χ1) is 9.81. The van der Waals surface area contributed by atoms with Crippen molar-refractivity contribution in [2.45, 2.75) is 57.9 Å². The van der Waals surface area contributed by atoms with Crippen molar-refractivity contribution in [3.05, 3.63) is 23.8 Å². The van der Waals surface area contributed by atoms with Crippen LogP contribution in [0.2, 0.25) is 0 Å². The van der Waals surface area contributed by atoms with E-state index in [-0.39, 0.29) is 6.04 Å². The van der Waals surface area contributed by atoms with E-state index in [4.69, 9.17) is 15.2 Å². The van der Waals surface area contributed by atoms with Crippen LogP contribution in [0.15, 0.2) is 18.2 Å². The van der Waals surface area contributed by atoms with Gasteiger partial charge in [-0.15, -0.1) is 0 Å². The summed E-state index contributed by atoms with van der Waals surface area (Å²) in [4.78, 5) is 0. The molecular formula is C17H27NO2. The lowest BCUT2D eigenvalue weighted by atomic mass is 10.00. The second kappa shape index (κ2) is 8.15. The lowest BCUT2D eigenvalue weighted by Gasteiger charge is -2.20. The van der Waals surface area contributed by atoms with Crippen LogP contribution in [0.1, 0.15) is 63.5 Å². The van der Waals surface area contributed by atoms with Gasteiger partial charge in [-0.05, 0) is 24.1 Å². The van der Waals surface area contributed by atoms with Gasteiger partial charge in [0.15, 0.2) is 11.5 Å². The van der Waals surface area contributed by atoms with Gasteiger partial charge in [0.25, 0.3) is 0 Å². The Hall–Kier alpha value is -1.22. The number of nitrogens with two attached hydrogens (primary N) is 1. The minimum absolute atomic E-state index is 0.108. The molecule has 3 heteroatoms. The molecule has 0 radical (unpaired) electrons. The van der Waals surface area contributed by atoms with Gasteiger partial charge in [0.1, 0.15) is 13.2 Å². The molecule has 0 bridgehead atoms. The molecule has 0 aliphatic carbocycles. The third kappa shape index (κ3) is 4.41. The molecule has 2 N–H and O–H groups in total. The summed E-state index contributed by atoms with van der Waals surface area (Å²) in [6.07, 6.45) is 8.89. The molecular weight excluding hydrogens is 250 g/mol. The molecule has 0 saturated heterocycles. The SMILES string of the molecule is CCCCCCCCC(N)c1ccc2c(c1)OCCO2. The molecule has 1 aliphatic rings. The molecule has 2 rings (SSSR count). The van der Waals surface area contributed by atoms with Crippen LogP contribution < -0.4 is 15.2 Å². The monoisotopic (exact) mass is 277 g/mol. The van der Waals surface area contributed by atoms with E-state index in [0.717, 1.165) is 23.5 Å². The summed E-state index contributed by atoms with van der Waals surface area (Å²) in [6.45, 7) is 3.51. The van der Waals surface area contributed by atoms with Gasteiger partial charge in [0.2, 0.25) is 0 Å². The average Bonchev–Trinajstić information content (AvgIpc) is 2.50. The Labute approximate surface area is 122 Å². The topological polar surface area (TPSA) is 44.5 Å². The van der Waals surface area contributed by atoms with Crippen LogP contribution >= 0.6 is 0 Å². The van der Waals surface area contributed by atoms with Gasteiger partial charge >= 0.3 is 0 Å². The first-order valence-corrected chi connectivity index (χ1v) is 7.96. The van der Waals surface area contributed by atoms with Crippen molar-refractivity contribution < 1.29 is 9.47 Å². The van der Waals surface area contributed by atoms with Crippen LogP contribution in [0.4, 0.5) is 0 Å². The molecule has 1 unspecified atom stereocenters. The second-order valence-electron chi connectivity index (χ2n) is 5.57. The van der Waals surface area contributed by atoms with E-state index in [1.54, 1.807) is 0 Å². The first-order valence-electron chi connectivity index (χ1n) is 7.96. The third-order valence-electron chi connectivity index (χ3n) is 3.86. The Kier molecular flexibility index (Phi) is 6.19. The molecule has 1 heterocycles. The highest BCUT2D eigenvalue weighted by Crippen LogP contribution is 2.33. The van der Waals surface area contributed by atoms with E-state index in [1.165, 1.54) is 38.5 Å². The van der Waals surface area contributed by atoms with Gasteiger partial charge in [-0.25, -0.2) is 0 Å². The van der Waals surface area contributed by atoms with Crippen molar-refractivity contribution in [1.82, 2.24) is 0 Å². The van der Waals surface area contributed by atoms with Gasteiger partial charge in [0, 0.05) is 6.04 Å². The summed E-state index contributed by atoms with van der Waals surface area (Å²) in [5.41, 5.74) is 7.43. The maximum Gasteiger partial charge on any atom is 0.161 e. The second-order valence-corrected chi connectivity index (χ2v) is 5.57. The maximum atomic E-state index is 6.27. The molecule has 112 valence electrons. The average molecular weight is 277 g/mol. The molecule has 1 aliphatic heterocycles. The van der Waals surface area contributed by atoms with Crippen molar-refractivity contribution in [2.75, 3.05) is 13.2 Å². The summed E-state index contributed by atoms with van der Waals surface area (Å²) in [5, 5.41) is 0. The number of ether oxygens (including phenoxy) is 2. The minimum atomic E-state index is 0.108. The number of hydrogen-bond donors (Lipinski definition) is 1. The Bertz CT molecular complexity index is 406. The molecule has 0 aromatic heterocycles. The van der Waals surface area contributed by atoms with Crippen LogP contribution in [0, 0.1) is 0 Å². The van der Waals surface area contributed by atoms with Crippen molar-refractivity contribution in [3.8, 4) is 11.5 Å². The highest BCUT2D eigenvalue weighted by molar-refractivity contribution is 5.44. The summed E-state index contributed by atoms with van der Waals surface area (Å²) >= 11 is 0.